The molecule has 1 aromatic rings. The van der Waals surface area contributed by atoms with Crippen molar-refractivity contribution in [3.63, 3.8) is 0 Å². The highest BCUT2D eigenvalue weighted by Crippen LogP contribution is 2.59. The van der Waals surface area contributed by atoms with Gasteiger partial charge in [0.2, 0.25) is 0 Å². The number of ketones is 2. The van der Waals surface area contributed by atoms with Crippen LogP contribution in [0.4, 0.5) is 0 Å². The third-order valence-electron chi connectivity index (χ3n) is 8.63. The number of Topliss-reactive ketones (excluding diaryl/α,β-unsaturated/α-hetero) is 1. The second-order valence-electron chi connectivity index (χ2n) is 10.3. The number of rotatable bonds is 6. The number of halogens is 1. The largest absolute Gasteiger partial charge is 0.494 e. The summed E-state index contributed by atoms with van der Waals surface area (Å²) in [7, 11) is 0. The fourth-order valence-corrected chi connectivity index (χ4v) is 6.96. The van der Waals surface area contributed by atoms with Crippen LogP contribution in [0.2, 0.25) is 0 Å². The summed E-state index contributed by atoms with van der Waals surface area (Å²) in [4.78, 5) is 25.6. The van der Waals surface area contributed by atoms with Crippen molar-refractivity contribution in [3.05, 3.63) is 52.6 Å². The van der Waals surface area contributed by atoms with E-state index in [0.717, 1.165) is 69.1 Å². The van der Waals surface area contributed by atoms with E-state index in [0.29, 0.717) is 30.1 Å². The average Bonchev–Trinajstić information content (AvgIpc) is 3.11. The van der Waals surface area contributed by atoms with E-state index in [-0.39, 0.29) is 17.1 Å². The van der Waals surface area contributed by atoms with Crippen LogP contribution in [0.3, 0.4) is 0 Å². The molecule has 32 heavy (non-hydrogen) atoms. The first kappa shape index (κ1) is 21.9. The fourth-order valence-electron chi connectivity index (χ4n) is 6.77. The topological polar surface area (TPSA) is 43.4 Å². The quantitative estimate of drug-likeness (QED) is 0.363. The van der Waals surface area contributed by atoms with Crippen molar-refractivity contribution in [2.24, 2.45) is 17.3 Å². The number of benzene rings is 1. The summed E-state index contributed by atoms with van der Waals surface area (Å²) in [5.41, 5.74) is 5.24. The lowest BCUT2D eigenvalue weighted by Gasteiger charge is -2.46. The van der Waals surface area contributed by atoms with E-state index >= 15 is 0 Å². The maximum absolute atomic E-state index is 13.0. The van der Waals surface area contributed by atoms with Crippen molar-refractivity contribution in [2.45, 2.75) is 70.6 Å². The molecule has 0 spiro atoms. The molecule has 0 N–H and O–H groups in total. The number of allylic oxidation sites excluding steroid dienone is 4. The Labute approximate surface area is 196 Å². The van der Waals surface area contributed by atoms with Crippen LogP contribution in [-0.4, -0.2) is 24.1 Å². The van der Waals surface area contributed by atoms with Crippen LogP contribution in [0.5, 0.6) is 5.75 Å². The van der Waals surface area contributed by atoms with E-state index in [2.05, 4.69) is 19.1 Å². The zero-order valence-electron chi connectivity index (χ0n) is 19.0. The molecule has 0 amide bonds. The molecular weight excluding hydrogens is 420 g/mol. The van der Waals surface area contributed by atoms with E-state index in [9.17, 15) is 9.59 Å². The van der Waals surface area contributed by atoms with Crippen LogP contribution in [-0.2, 0) is 9.59 Å². The van der Waals surface area contributed by atoms with Crippen molar-refractivity contribution < 1.29 is 14.3 Å². The number of hydrogen-bond acceptors (Lipinski definition) is 3. The van der Waals surface area contributed by atoms with Crippen molar-refractivity contribution in [2.75, 3.05) is 12.5 Å². The average molecular weight is 453 g/mol. The van der Waals surface area contributed by atoms with E-state index in [1.54, 1.807) is 5.57 Å². The number of hydrogen-bond donors (Lipinski definition) is 0. The number of carbonyl (C=O) groups is 2. The van der Waals surface area contributed by atoms with E-state index in [1.807, 2.05) is 18.2 Å². The summed E-state index contributed by atoms with van der Waals surface area (Å²) in [6, 6.07) is 8.08. The van der Waals surface area contributed by atoms with Gasteiger partial charge in [-0.3, -0.25) is 9.59 Å². The number of carbonyl (C=O) groups excluding carboxylic acids is 2. The van der Waals surface area contributed by atoms with Crippen molar-refractivity contribution in [1.29, 1.82) is 0 Å². The first-order chi connectivity index (χ1) is 15.5. The highest BCUT2D eigenvalue weighted by atomic mass is 35.5. The van der Waals surface area contributed by atoms with Crippen molar-refractivity contribution in [3.8, 4) is 5.75 Å². The molecule has 4 aliphatic rings. The lowest BCUT2D eigenvalue weighted by Crippen LogP contribution is -2.40. The molecule has 4 aliphatic carbocycles. The molecule has 5 rings (SSSR count). The van der Waals surface area contributed by atoms with Crippen molar-refractivity contribution >= 4 is 23.2 Å². The van der Waals surface area contributed by atoms with Gasteiger partial charge < -0.3 is 4.74 Å². The number of ether oxygens (including phenoxy) is 1. The highest BCUT2D eigenvalue weighted by Gasteiger charge is 2.53. The van der Waals surface area contributed by atoms with Crippen LogP contribution in [0.1, 0.15) is 76.2 Å². The summed E-state index contributed by atoms with van der Waals surface area (Å²) in [6.07, 6.45) is 10.5. The van der Waals surface area contributed by atoms with Gasteiger partial charge in [-0.2, -0.15) is 0 Å². The fraction of sp³-hybridized carbons (Fsp3) is 0.571. The Morgan fingerprint density at radius 1 is 1.06 bits per heavy atom. The molecule has 1 aromatic carbocycles. The van der Waals surface area contributed by atoms with Gasteiger partial charge in [0.25, 0.3) is 0 Å². The molecule has 0 bridgehead atoms. The van der Waals surface area contributed by atoms with Crippen LogP contribution in [0.15, 0.2) is 47.1 Å². The molecule has 0 radical (unpaired) electrons. The van der Waals surface area contributed by atoms with Gasteiger partial charge in [0.15, 0.2) is 5.78 Å². The standard InChI is InChI=1S/C28H33ClO3/c1-28-13-12-21-22(25(28)10-11-27(28)31)9-6-19-16-26(30)24(17-23(19)21)18-4-7-20(8-5-18)32-15-3-2-14-29/h4-5,7-8,16,22,24-25H,2-3,6,9-15,17H2,1H3/t22-,24?,25+,28+/m1/s1. The van der Waals surface area contributed by atoms with Gasteiger partial charge >= 0.3 is 0 Å². The van der Waals surface area contributed by atoms with Gasteiger partial charge in [0.1, 0.15) is 11.5 Å². The predicted molar refractivity (Wildman–Crippen MR) is 127 cm³/mol. The van der Waals surface area contributed by atoms with Gasteiger partial charge in [0, 0.05) is 17.7 Å². The Balaban J connectivity index is 1.36. The molecule has 1 unspecified atom stereocenters. The Hall–Kier alpha value is -1.87. The zero-order chi connectivity index (χ0) is 22.3. The van der Waals surface area contributed by atoms with Gasteiger partial charge in [0.05, 0.1) is 12.5 Å². The first-order valence-electron chi connectivity index (χ1n) is 12.3. The van der Waals surface area contributed by atoms with Crippen LogP contribution < -0.4 is 4.74 Å². The van der Waals surface area contributed by atoms with Gasteiger partial charge in [-0.05, 0) is 98.1 Å². The minimum Gasteiger partial charge on any atom is -0.494 e. The number of unbranched alkanes of at least 4 members (excludes halogenated alkanes) is 1. The number of fused-ring (bicyclic) bond motifs is 4. The third kappa shape index (κ3) is 3.77. The Kier molecular flexibility index (Phi) is 6.05. The monoisotopic (exact) mass is 452 g/mol. The molecule has 2 saturated carbocycles. The molecule has 170 valence electrons. The zero-order valence-corrected chi connectivity index (χ0v) is 19.8. The predicted octanol–water partition coefficient (Wildman–Crippen LogP) is 6.55. The molecule has 0 saturated heterocycles. The summed E-state index contributed by atoms with van der Waals surface area (Å²) >= 11 is 5.72. The Morgan fingerprint density at radius 3 is 2.66 bits per heavy atom. The molecule has 3 nitrogen and oxygen atoms in total. The van der Waals surface area contributed by atoms with E-state index in [4.69, 9.17) is 16.3 Å². The first-order valence-corrected chi connectivity index (χ1v) is 12.8. The molecule has 0 aromatic heterocycles. The summed E-state index contributed by atoms with van der Waals surface area (Å²) < 4.78 is 5.80. The minimum atomic E-state index is -0.112. The molecule has 0 aliphatic heterocycles. The Morgan fingerprint density at radius 2 is 1.88 bits per heavy atom. The summed E-state index contributed by atoms with van der Waals surface area (Å²) in [5, 5.41) is 0. The number of alkyl halides is 1. The van der Waals surface area contributed by atoms with Gasteiger partial charge in [-0.15, -0.1) is 11.6 Å². The lowest BCUT2D eigenvalue weighted by atomic mass is 9.57. The second kappa shape index (κ2) is 8.82. The summed E-state index contributed by atoms with van der Waals surface area (Å²) in [5.74, 6) is 3.15. The summed E-state index contributed by atoms with van der Waals surface area (Å²) in [6.45, 7) is 2.88. The third-order valence-corrected chi connectivity index (χ3v) is 8.90. The SMILES string of the molecule is C[C@]12CCC3=C4CC(c5ccc(OCCCCCl)cc5)C(=O)C=C4CC[C@H]3[C@@H]1CCC2=O. The molecule has 4 atom stereocenters. The Bertz CT molecular complexity index is 973. The van der Waals surface area contributed by atoms with Crippen molar-refractivity contribution in [1.82, 2.24) is 0 Å². The van der Waals surface area contributed by atoms with Gasteiger partial charge in [-0.25, -0.2) is 0 Å². The minimum absolute atomic E-state index is 0.108. The smallest absolute Gasteiger partial charge is 0.163 e. The second-order valence-corrected chi connectivity index (χ2v) is 10.7. The molecule has 4 heteroatoms. The maximum Gasteiger partial charge on any atom is 0.163 e. The molecule has 0 heterocycles. The maximum atomic E-state index is 13.0. The lowest BCUT2D eigenvalue weighted by molar-refractivity contribution is -0.128. The molecule has 2 fully saturated rings. The van der Waals surface area contributed by atoms with Gasteiger partial charge in [-0.1, -0.05) is 24.6 Å². The highest BCUT2D eigenvalue weighted by molar-refractivity contribution is 6.17. The van der Waals surface area contributed by atoms with Crippen LogP contribution in [0.25, 0.3) is 0 Å². The normalized spacial score (nSPS) is 31.7. The van der Waals surface area contributed by atoms with E-state index in [1.165, 1.54) is 11.1 Å². The molecular formula is C28H33ClO3. The van der Waals surface area contributed by atoms with Crippen LogP contribution in [0, 0.1) is 17.3 Å². The van der Waals surface area contributed by atoms with Crippen LogP contribution >= 0.6 is 11.6 Å². The van der Waals surface area contributed by atoms with E-state index < -0.39 is 0 Å².